The third-order valence-corrected chi connectivity index (χ3v) is 5.88. The summed E-state index contributed by atoms with van der Waals surface area (Å²) in [5, 5.41) is 0.569. The fraction of sp³-hybridized carbons (Fsp3) is 0.364. The molecule has 0 spiro atoms. The second kappa shape index (κ2) is 7.83. The molecule has 2 heterocycles. The Balaban J connectivity index is 1.45. The lowest BCUT2D eigenvalue weighted by Crippen LogP contribution is -2.49. The maximum absolute atomic E-state index is 12.5. The number of hydrogen-bond acceptors (Lipinski definition) is 3. The predicted molar refractivity (Wildman–Crippen MR) is 107 cm³/mol. The van der Waals surface area contributed by atoms with E-state index in [9.17, 15) is 9.59 Å². The molecule has 2 aromatic carbocycles. The molecular formula is C22H23ClN2O2. The van der Waals surface area contributed by atoms with E-state index in [0.29, 0.717) is 16.6 Å². The van der Waals surface area contributed by atoms with Gasteiger partial charge in [0.15, 0.2) is 0 Å². The van der Waals surface area contributed by atoms with Crippen LogP contribution in [0.4, 0.5) is 5.69 Å². The minimum atomic E-state index is -0.423. The first-order chi connectivity index (χ1) is 13.1. The van der Waals surface area contributed by atoms with Gasteiger partial charge in [0.1, 0.15) is 0 Å². The molecule has 140 valence electrons. The van der Waals surface area contributed by atoms with Crippen LogP contribution in [-0.2, 0) is 16.0 Å². The van der Waals surface area contributed by atoms with Crippen molar-refractivity contribution < 1.29 is 9.59 Å². The maximum Gasteiger partial charge on any atom is 0.295 e. The molecular weight excluding hydrogens is 360 g/mol. The summed E-state index contributed by atoms with van der Waals surface area (Å²) in [6.07, 6.45) is 3.32. The number of likely N-dealkylation sites (tertiary alicyclic amines) is 1. The molecule has 2 saturated heterocycles. The standard InChI is InChI=1S/C22H23ClN2O2/c23-18-7-4-8-19(14-18)25-21(15-20(26)22(25)27)24-11-9-17(10-12-24)13-16-5-2-1-3-6-16/h1-8,14,17,21H,9-13,15H2/t21-/m1/s1. The third kappa shape index (κ3) is 3.92. The largest absolute Gasteiger partial charge is 0.295 e. The predicted octanol–water partition coefficient (Wildman–Crippen LogP) is 3.93. The minimum Gasteiger partial charge on any atom is -0.289 e. The number of nitrogens with zero attached hydrogens (tertiary/aromatic N) is 2. The Labute approximate surface area is 164 Å². The van der Waals surface area contributed by atoms with E-state index in [1.165, 1.54) is 5.56 Å². The number of benzene rings is 2. The van der Waals surface area contributed by atoms with Crippen molar-refractivity contribution in [3.8, 4) is 0 Å². The number of amides is 1. The van der Waals surface area contributed by atoms with Gasteiger partial charge in [-0.2, -0.15) is 0 Å². The van der Waals surface area contributed by atoms with E-state index in [1.54, 1.807) is 17.0 Å². The summed E-state index contributed by atoms with van der Waals surface area (Å²) in [7, 11) is 0. The van der Waals surface area contributed by atoms with Crippen LogP contribution in [0.25, 0.3) is 0 Å². The van der Waals surface area contributed by atoms with Crippen molar-refractivity contribution >= 4 is 29.0 Å². The molecule has 1 amide bonds. The summed E-state index contributed by atoms with van der Waals surface area (Å²) >= 11 is 6.10. The molecule has 5 heteroatoms. The van der Waals surface area contributed by atoms with Gasteiger partial charge in [-0.15, -0.1) is 0 Å². The number of piperidine rings is 1. The second-order valence-electron chi connectivity index (χ2n) is 7.43. The van der Waals surface area contributed by atoms with Crippen LogP contribution < -0.4 is 4.90 Å². The van der Waals surface area contributed by atoms with Crippen LogP contribution in [0.2, 0.25) is 5.02 Å². The first kappa shape index (κ1) is 18.2. The summed E-state index contributed by atoms with van der Waals surface area (Å²) in [4.78, 5) is 28.5. The molecule has 0 saturated carbocycles. The highest BCUT2D eigenvalue weighted by Gasteiger charge is 2.43. The topological polar surface area (TPSA) is 40.6 Å². The van der Waals surface area contributed by atoms with Gasteiger partial charge in [-0.1, -0.05) is 48.0 Å². The van der Waals surface area contributed by atoms with E-state index in [4.69, 9.17) is 11.6 Å². The zero-order chi connectivity index (χ0) is 18.8. The highest BCUT2D eigenvalue weighted by molar-refractivity contribution is 6.44. The Bertz CT molecular complexity index is 831. The Morgan fingerprint density at radius 3 is 2.41 bits per heavy atom. The van der Waals surface area contributed by atoms with Gasteiger partial charge in [-0.3, -0.25) is 19.4 Å². The summed E-state index contributed by atoms with van der Waals surface area (Å²) in [5.74, 6) is -0.0869. The molecule has 0 N–H and O–H groups in total. The van der Waals surface area contributed by atoms with E-state index < -0.39 is 5.91 Å². The number of rotatable bonds is 4. The van der Waals surface area contributed by atoms with Crippen LogP contribution in [0.3, 0.4) is 0 Å². The highest BCUT2D eigenvalue weighted by Crippen LogP contribution is 2.32. The fourth-order valence-corrected chi connectivity index (χ4v) is 4.41. The highest BCUT2D eigenvalue weighted by atomic mass is 35.5. The van der Waals surface area contributed by atoms with Crippen molar-refractivity contribution in [2.24, 2.45) is 5.92 Å². The lowest BCUT2D eigenvalue weighted by atomic mass is 9.90. The Morgan fingerprint density at radius 1 is 0.963 bits per heavy atom. The molecule has 4 rings (SSSR count). The molecule has 0 aromatic heterocycles. The van der Waals surface area contributed by atoms with Crippen LogP contribution in [0.15, 0.2) is 54.6 Å². The molecule has 2 aliphatic rings. The van der Waals surface area contributed by atoms with Crippen molar-refractivity contribution in [1.29, 1.82) is 0 Å². The van der Waals surface area contributed by atoms with Crippen molar-refractivity contribution in [2.75, 3.05) is 18.0 Å². The molecule has 1 atom stereocenters. The number of hydrogen-bond donors (Lipinski definition) is 0. The second-order valence-corrected chi connectivity index (χ2v) is 7.87. The van der Waals surface area contributed by atoms with E-state index in [2.05, 4.69) is 29.2 Å². The summed E-state index contributed by atoms with van der Waals surface area (Å²) in [6.45, 7) is 1.81. The SMILES string of the molecule is O=C1C[C@H](N2CCC(Cc3ccccc3)CC2)N(c2cccc(Cl)c2)C1=O. The van der Waals surface area contributed by atoms with Gasteiger partial charge < -0.3 is 0 Å². The van der Waals surface area contributed by atoms with Crippen LogP contribution in [0, 0.1) is 5.92 Å². The van der Waals surface area contributed by atoms with Gasteiger partial charge in [0.2, 0.25) is 5.78 Å². The molecule has 0 radical (unpaired) electrons. The summed E-state index contributed by atoms with van der Waals surface area (Å²) in [6, 6.07) is 17.8. The first-order valence-corrected chi connectivity index (χ1v) is 9.89. The quantitative estimate of drug-likeness (QED) is 0.752. The van der Waals surface area contributed by atoms with Gasteiger partial charge in [0.25, 0.3) is 5.91 Å². The van der Waals surface area contributed by atoms with E-state index in [1.807, 2.05) is 18.2 Å². The molecule has 4 nitrogen and oxygen atoms in total. The molecule has 0 bridgehead atoms. The number of Topliss-reactive ketones (excluding diaryl/α,β-unsaturated/α-hetero) is 1. The lowest BCUT2D eigenvalue weighted by Gasteiger charge is -2.39. The number of carbonyl (C=O) groups excluding carboxylic acids is 2. The Morgan fingerprint density at radius 2 is 1.70 bits per heavy atom. The van der Waals surface area contributed by atoms with Crippen LogP contribution in [0.5, 0.6) is 0 Å². The molecule has 27 heavy (non-hydrogen) atoms. The number of carbonyl (C=O) groups is 2. The van der Waals surface area contributed by atoms with Gasteiger partial charge in [0.05, 0.1) is 12.6 Å². The van der Waals surface area contributed by atoms with E-state index in [-0.39, 0.29) is 18.4 Å². The summed E-state index contributed by atoms with van der Waals surface area (Å²) in [5.41, 5.74) is 2.08. The van der Waals surface area contributed by atoms with E-state index in [0.717, 1.165) is 32.4 Å². The average molecular weight is 383 g/mol. The first-order valence-electron chi connectivity index (χ1n) is 9.52. The monoisotopic (exact) mass is 382 g/mol. The van der Waals surface area contributed by atoms with Crippen molar-refractivity contribution in [3.05, 3.63) is 65.2 Å². The molecule has 2 aromatic rings. The van der Waals surface area contributed by atoms with Gasteiger partial charge in [0, 0.05) is 23.8 Å². The van der Waals surface area contributed by atoms with Crippen molar-refractivity contribution in [2.45, 2.75) is 31.8 Å². The normalized spacial score (nSPS) is 21.8. The van der Waals surface area contributed by atoms with Gasteiger partial charge in [-0.05, 0) is 48.9 Å². The molecule has 2 fully saturated rings. The van der Waals surface area contributed by atoms with E-state index >= 15 is 0 Å². The number of anilines is 1. The summed E-state index contributed by atoms with van der Waals surface area (Å²) < 4.78 is 0. The third-order valence-electron chi connectivity index (χ3n) is 5.65. The fourth-order valence-electron chi connectivity index (χ4n) is 4.22. The number of ketones is 1. The van der Waals surface area contributed by atoms with Gasteiger partial charge >= 0.3 is 0 Å². The molecule has 0 unspecified atom stereocenters. The zero-order valence-electron chi connectivity index (χ0n) is 15.2. The van der Waals surface area contributed by atoms with Crippen LogP contribution in [0.1, 0.15) is 24.8 Å². The van der Waals surface area contributed by atoms with Crippen molar-refractivity contribution in [1.82, 2.24) is 4.90 Å². The minimum absolute atomic E-state index is 0.193. The Hall–Kier alpha value is -2.17. The average Bonchev–Trinajstić information content (AvgIpc) is 2.98. The van der Waals surface area contributed by atoms with Crippen LogP contribution >= 0.6 is 11.6 Å². The smallest absolute Gasteiger partial charge is 0.289 e. The maximum atomic E-state index is 12.5. The van der Waals surface area contributed by atoms with Crippen LogP contribution in [-0.4, -0.2) is 35.8 Å². The van der Waals surface area contributed by atoms with Crippen molar-refractivity contribution in [3.63, 3.8) is 0 Å². The zero-order valence-corrected chi connectivity index (χ0v) is 15.9. The number of halogens is 1. The molecule has 2 aliphatic heterocycles. The van der Waals surface area contributed by atoms with Gasteiger partial charge in [-0.25, -0.2) is 0 Å². The Kier molecular flexibility index (Phi) is 5.28. The lowest BCUT2D eigenvalue weighted by molar-refractivity contribution is -0.133. The molecule has 0 aliphatic carbocycles.